The maximum atomic E-state index is 8.65. The van der Waals surface area contributed by atoms with Gasteiger partial charge in [0.05, 0.1) is 11.9 Å². The molecule has 0 spiro atoms. The van der Waals surface area contributed by atoms with E-state index in [9.17, 15) is 0 Å². The molecule has 1 atom stereocenters. The van der Waals surface area contributed by atoms with Crippen LogP contribution in [0, 0.1) is 16.7 Å². The molecule has 0 radical (unpaired) electrons. The molecule has 0 saturated heterocycles. The van der Waals surface area contributed by atoms with Gasteiger partial charge in [-0.2, -0.15) is 5.26 Å². The van der Waals surface area contributed by atoms with Crippen molar-refractivity contribution in [2.24, 2.45) is 5.41 Å². The first-order valence-electron chi connectivity index (χ1n) is 5.76. The quantitative estimate of drug-likeness (QED) is 0.802. The lowest BCUT2D eigenvalue weighted by atomic mass is 9.88. The van der Waals surface area contributed by atoms with Crippen LogP contribution in [-0.4, -0.2) is 16.1 Å². The topological polar surface area (TPSA) is 60.7 Å². The molecular formula is C13H18N4S. The zero-order valence-corrected chi connectivity index (χ0v) is 11.9. The summed E-state index contributed by atoms with van der Waals surface area (Å²) in [5, 5.41) is 15.5. The minimum absolute atomic E-state index is 0.134. The smallest absolute Gasteiger partial charge is 0.171 e. The largest absolute Gasteiger partial charge is 0.359 e. The lowest BCUT2D eigenvalue weighted by Gasteiger charge is -2.29. The third kappa shape index (κ3) is 4.30. The number of hydrogen-bond acceptors (Lipinski definition) is 3. The Kier molecular flexibility index (Phi) is 4.62. The fourth-order valence-electron chi connectivity index (χ4n) is 1.11. The number of aromatic nitrogens is 1. The van der Waals surface area contributed by atoms with Crippen LogP contribution in [-0.2, 0) is 0 Å². The predicted octanol–water partition coefficient (Wildman–Crippen LogP) is 2.67. The van der Waals surface area contributed by atoms with Gasteiger partial charge in [-0.25, -0.2) is 4.98 Å². The highest BCUT2D eigenvalue weighted by molar-refractivity contribution is 7.80. The van der Waals surface area contributed by atoms with Gasteiger partial charge in [0.25, 0.3) is 0 Å². The van der Waals surface area contributed by atoms with Gasteiger partial charge >= 0.3 is 0 Å². The van der Waals surface area contributed by atoms with Crippen molar-refractivity contribution in [1.29, 1.82) is 5.26 Å². The van der Waals surface area contributed by atoms with E-state index < -0.39 is 0 Å². The van der Waals surface area contributed by atoms with E-state index in [-0.39, 0.29) is 11.5 Å². The molecular weight excluding hydrogens is 244 g/mol. The van der Waals surface area contributed by atoms with Crippen LogP contribution in [0.4, 0.5) is 5.69 Å². The molecule has 0 unspecified atom stereocenters. The Bertz CT molecular complexity index is 453. The Morgan fingerprint density at radius 1 is 1.44 bits per heavy atom. The van der Waals surface area contributed by atoms with Crippen LogP contribution in [0.1, 0.15) is 33.4 Å². The van der Waals surface area contributed by atoms with Crippen LogP contribution in [0.5, 0.6) is 0 Å². The fourth-order valence-corrected chi connectivity index (χ4v) is 1.41. The highest BCUT2D eigenvalue weighted by Crippen LogP contribution is 2.18. The predicted molar refractivity (Wildman–Crippen MR) is 77.2 cm³/mol. The zero-order valence-electron chi connectivity index (χ0n) is 11.1. The molecule has 0 aromatic carbocycles. The third-order valence-corrected chi connectivity index (χ3v) is 3.00. The van der Waals surface area contributed by atoms with Gasteiger partial charge in [0.15, 0.2) is 5.11 Å². The molecule has 4 nitrogen and oxygen atoms in total. The second-order valence-corrected chi connectivity index (χ2v) is 5.64. The molecule has 0 saturated carbocycles. The molecule has 1 aromatic heterocycles. The molecule has 0 bridgehead atoms. The standard InChI is InChI=1S/C13H18N4S/c1-9(13(2,3)4)16-12(18)17-11-6-5-10(7-14)15-8-11/h5-6,8-9H,1-4H3,(H2,16,17,18)/t9-/m1/s1. The first-order valence-corrected chi connectivity index (χ1v) is 6.17. The molecule has 0 aliphatic heterocycles. The Morgan fingerprint density at radius 3 is 2.56 bits per heavy atom. The van der Waals surface area contributed by atoms with Gasteiger partial charge in [0.1, 0.15) is 11.8 Å². The van der Waals surface area contributed by atoms with Gasteiger partial charge in [0, 0.05) is 6.04 Å². The van der Waals surface area contributed by atoms with Crippen molar-refractivity contribution in [3.05, 3.63) is 24.0 Å². The first kappa shape index (κ1) is 14.4. The Labute approximate surface area is 113 Å². The molecule has 0 aliphatic rings. The van der Waals surface area contributed by atoms with Crippen LogP contribution in [0.25, 0.3) is 0 Å². The second-order valence-electron chi connectivity index (χ2n) is 5.23. The average molecular weight is 262 g/mol. The van der Waals surface area contributed by atoms with Crippen molar-refractivity contribution in [3.8, 4) is 6.07 Å². The molecule has 1 heterocycles. The maximum absolute atomic E-state index is 8.65. The van der Waals surface area contributed by atoms with Gasteiger partial charge in [0.2, 0.25) is 0 Å². The number of pyridine rings is 1. The summed E-state index contributed by atoms with van der Waals surface area (Å²) in [7, 11) is 0. The third-order valence-electron chi connectivity index (χ3n) is 2.78. The molecule has 2 N–H and O–H groups in total. The lowest BCUT2D eigenvalue weighted by Crippen LogP contribution is -2.43. The lowest BCUT2D eigenvalue weighted by molar-refractivity contribution is 0.317. The molecule has 0 amide bonds. The normalized spacial score (nSPS) is 12.4. The number of nitriles is 1. The second kappa shape index (κ2) is 5.78. The number of thiocarbonyl (C=S) groups is 1. The number of nitrogens with zero attached hydrogens (tertiary/aromatic N) is 2. The van der Waals surface area contributed by atoms with Crippen molar-refractivity contribution in [1.82, 2.24) is 10.3 Å². The molecule has 1 aromatic rings. The van der Waals surface area contributed by atoms with Crippen LogP contribution < -0.4 is 10.6 Å². The van der Waals surface area contributed by atoms with Gasteiger partial charge in [-0.1, -0.05) is 20.8 Å². The maximum Gasteiger partial charge on any atom is 0.171 e. The number of hydrogen-bond donors (Lipinski definition) is 2. The fraction of sp³-hybridized carbons (Fsp3) is 0.462. The summed E-state index contributed by atoms with van der Waals surface area (Å²) in [5.74, 6) is 0. The average Bonchev–Trinajstić information content (AvgIpc) is 2.28. The van der Waals surface area contributed by atoms with Crippen molar-refractivity contribution < 1.29 is 0 Å². The summed E-state index contributed by atoms with van der Waals surface area (Å²) >= 11 is 5.23. The van der Waals surface area contributed by atoms with Gasteiger partial charge in [-0.3, -0.25) is 0 Å². The van der Waals surface area contributed by atoms with E-state index in [1.54, 1.807) is 18.3 Å². The van der Waals surface area contributed by atoms with E-state index in [4.69, 9.17) is 17.5 Å². The molecule has 5 heteroatoms. The van der Waals surface area contributed by atoms with Crippen LogP contribution in [0.15, 0.2) is 18.3 Å². The molecule has 18 heavy (non-hydrogen) atoms. The summed E-state index contributed by atoms with van der Waals surface area (Å²) in [4.78, 5) is 3.97. The van der Waals surface area contributed by atoms with E-state index in [0.717, 1.165) is 5.69 Å². The van der Waals surface area contributed by atoms with E-state index >= 15 is 0 Å². The minimum Gasteiger partial charge on any atom is -0.359 e. The molecule has 0 aliphatic carbocycles. The van der Waals surface area contributed by atoms with Crippen molar-refractivity contribution in [3.63, 3.8) is 0 Å². The number of anilines is 1. The number of rotatable bonds is 2. The molecule has 0 fully saturated rings. The highest BCUT2D eigenvalue weighted by Gasteiger charge is 2.20. The highest BCUT2D eigenvalue weighted by atomic mass is 32.1. The summed E-state index contributed by atoms with van der Waals surface area (Å²) in [6.07, 6.45) is 1.59. The molecule has 1 rings (SSSR count). The Hall–Kier alpha value is -1.67. The van der Waals surface area contributed by atoms with E-state index in [1.165, 1.54) is 0 Å². The van der Waals surface area contributed by atoms with E-state index in [2.05, 4.69) is 43.3 Å². The SMILES string of the molecule is C[C@@H](NC(=S)Nc1ccc(C#N)nc1)C(C)(C)C. The summed E-state index contributed by atoms with van der Waals surface area (Å²) in [6, 6.07) is 5.66. The molecule has 96 valence electrons. The first-order chi connectivity index (χ1) is 8.32. The van der Waals surface area contributed by atoms with E-state index in [0.29, 0.717) is 10.8 Å². The van der Waals surface area contributed by atoms with E-state index in [1.807, 2.05) is 6.07 Å². The number of nitrogens with one attached hydrogen (secondary N) is 2. The summed E-state index contributed by atoms with van der Waals surface area (Å²) < 4.78 is 0. The van der Waals surface area contributed by atoms with Crippen LogP contribution >= 0.6 is 12.2 Å². The van der Waals surface area contributed by atoms with Gasteiger partial charge in [-0.15, -0.1) is 0 Å². The Morgan fingerprint density at radius 2 is 2.11 bits per heavy atom. The van der Waals surface area contributed by atoms with Crippen LogP contribution in [0.2, 0.25) is 0 Å². The zero-order chi connectivity index (χ0) is 13.8. The van der Waals surface area contributed by atoms with Crippen molar-refractivity contribution >= 4 is 23.0 Å². The van der Waals surface area contributed by atoms with Crippen molar-refractivity contribution in [2.45, 2.75) is 33.7 Å². The van der Waals surface area contributed by atoms with Gasteiger partial charge in [-0.05, 0) is 36.7 Å². The summed E-state index contributed by atoms with van der Waals surface area (Å²) in [6.45, 7) is 8.54. The van der Waals surface area contributed by atoms with Crippen molar-refractivity contribution in [2.75, 3.05) is 5.32 Å². The van der Waals surface area contributed by atoms with Gasteiger partial charge < -0.3 is 10.6 Å². The Balaban J connectivity index is 2.57. The summed E-state index contributed by atoms with van der Waals surface area (Å²) in [5.41, 5.74) is 1.30. The minimum atomic E-state index is 0.134. The monoisotopic (exact) mass is 262 g/mol. The van der Waals surface area contributed by atoms with Crippen LogP contribution in [0.3, 0.4) is 0 Å².